The van der Waals surface area contributed by atoms with E-state index in [-0.39, 0.29) is 12.0 Å². The molecule has 1 heterocycles. The van der Waals surface area contributed by atoms with E-state index in [0.717, 1.165) is 12.8 Å². The Balaban J connectivity index is 2.05. The molecule has 3 N–H and O–H groups in total. The average Bonchev–Trinajstić information content (AvgIpc) is 2.97. The smallest absolute Gasteiger partial charge is 0.255 e. The molecule has 6 nitrogen and oxygen atoms in total. The molecule has 1 saturated carbocycles. The van der Waals surface area contributed by atoms with Crippen molar-refractivity contribution in [1.29, 1.82) is 0 Å². The van der Waals surface area contributed by atoms with Crippen LogP contribution in [0.5, 0.6) is 0 Å². The zero-order valence-corrected chi connectivity index (χ0v) is 9.30. The predicted octanol–water partition coefficient (Wildman–Crippen LogP) is 0.549. The maximum Gasteiger partial charge on any atom is 0.255 e. The van der Waals surface area contributed by atoms with Gasteiger partial charge in [-0.15, -0.1) is 0 Å². The van der Waals surface area contributed by atoms with Gasteiger partial charge in [0.2, 0.25) is 5.82 Å². The van der Waals surface area contributed by atoms with E-state index in [1.54, 1.807) is 7.11 Å². The van der Waals surface area contributed by atoms with Crippen LogP contribution < -0.4 is 5.73 Å². The highest BCUT2D eigenvalue weighted by Crippen LogP contribution is 2.42. The number of aromatic nitrogens is 2. The minimum atomic E-state index is -0.775. The van der Waals surface area contributed by atoms with Gasteiger partial charge < -0.3 is 20.1 Å². The maximum absolute atomic E-state index is 9.63. The van der Waals surface area contributed by atoms with Crippen LogP contribution in [0.15, 0.2) is 4.52 Å². The van der Waals surface area contributed by atoms with Crippen LogP contribution in [0.3, 0.4) is 0 Å². The first-order chi connectivity index (χ1) is 7.76. The molecule has 1 aliphatic carbocycles. The molecule has 0 aromatic carbocycles. The lowest BCUT2D eigenvalue weighted by Crippen LogP contribution is -2.08. The van der Waals surface area contributed by atoms with E-state index in [2.05, 4.69) is 10.1 Å². The molecule has 0 saturated heterocycles. The predicted molar refractivity (Wildman–Crippen MR) is 55.4 cm³/mol. The maximum atomic E-state index is 9.63. The summed E-state index contributed by atoms with van der Waals surface area (Å²) in [5, 5.41) is 13.5. The van der Waals surface area contributed by atoms with Gasteiger partial charge in [0.1, 0.15) is 12.2 Å². The second kappa shape index (κ2) is 4.90. The lowest BCUT2D eigenvalue weighted by Gasteiger charge is -2.08. The topological polar surface area (TPSA) is 94.4 Å². The van der Waals surface area contributed by atoms with Crippen LogP contribution in [-0.4, -0.2) is 28.9 Å². The summed E-state index contributed by atoms with van der Waals surface area (Å²) in [6.45, 7) is 0.384. The monoisotopic (exact) mass is 227 g/mol. The number of aliphatic hydroxyl groups is 1. The molecule has 0 spiro atoms. The number of rotatable bonds is 6. The van der Waals surface area contributed by atoms with Crippen LogP contribution in [0.1, 0.15) is 43.2 Å². The molecule has 0 bridgehead atoms. The molecule has 1 aromatic rings. The van der Waals surface area contributed by atoms with E-state index in [0.29, 0.717) is 24.7 Å². The summed E-state index contributed by atoms with van der Waals surface area (Å²) < 4.78 is 10.3. The molecule has 16 heavy (non-hydrogen) atoms. The lowest BCUT2D eigenvalue weighted by molar-refractivity contribution is 0.0750. The van der Waals surface area contributed by atoms with Crippen LogP contribution in [0.25, 0.3) is 0 Å². The van der Waals surface area contributed by atoms with Crippen molar-refractivity contribution in [2.45, 2.75) is 31.5 Å². The van der Waals surface area contributed by atoms with Crippen molar-refractivity contribution in [3.8, 4) is 0 Å². The fourth-order valence-electron chi connectivity index (χ4n) is 1.69. The van der Waals surface area contributed by atoms with Gasteiger partial charge in [-0.05, 0) is 31.7 Å². The minimum Gasteiger partial charge on any atom is -0.383 e. The third-order valence-electron chi connectivity index (χ3n) is 2.74. The van der Waals surface area contributed by atoms with E-state index in [4.69, 9.17) is 15.0 Å². The van der Waals surface area contributed by atoms with Crippen LogP contribution >= 0.6 is 0 Å². The Labute approximate surface area is 93.8 Å². The van der Waals surface area contributed by atoms with E-state index in [1.165, 1.54) is 0 Å². The largest absolute Gasteiger partial charge is 0.383 e. The molecule has 0 amide bonds. The lowest BCUT2D eigenvalue weighted by atomic mass is 10.2. The Morgan fingerprint density at radius 3 is 2.94 bits per heavy atom. The first-order valence-corrected chi connectivity index (χ1v) is 5.50. The number of hydrogen-bond acceptors (Lipinski definition) is 6. The molecular weight excluding hydrogens is 210 g/mol. The highest BCUT2D eigenvalue weighted by atomic mass is 16.5. The molecule has 1 fully saturated rings. The molecule has 1 unspecified atom stereocenters. The van der Waals surface area contributed by atoms with Gasteiger partial charge in [-0.1, -0.05) is 5.16 Å². The van der Waals surface area contributed by atoms with Crippen molar-refractivity contribution < 1.29 is 14.4 Å². The molecule has 90 valence electrons. The van der Waals surface area contributed by atoms with E-state index in [1.807, 2.05) is 0 Å². The van der Waals surface area contributed by atoms with Gasteiger partial charge in [0.25, 0.3) is 5.89 Å². The summed E-state index contributed by atoms with van der Waals surface area (Å²) in [6.07, 6.45) is 1.80. The van der Waals surface area contributed by atoms with Crippen LogP contribution in [0.2, 0.25) is 0 Å². The van der Waals surface area contributed by atoms with Crippen molar-refractivity contribution in [2.75, 3.05) is 13.7 Å². The quantitative estimate of drug-likeness (QED) is 0.737. The van der Waals surface area contributed by atoms with Crippen molar-refractivity contribution in [3.63, 3.8) is 0 Å². The van der Waals surface area contributed by atoms with Gasteiger partial charge >= 0.3 is 0 Å². The minimum absolute atomic E-state index is 0.109. The zero-order chi connectivity index (χ0) is 11.5. The van der Waals surface area contributed by atoms with E-state index in [9.17, 15) is 5.11 Å². The average molecular weight is 227 g/mol. The first kappa shape index (κ1) is 11.5. The highest BCUT2D eigenvalue weighted by Gasteiger charge is 2.36. The van der Waals surface area contributed by atoms with Crippen molar-refractivity contribution in [1.82, 2.24) is 10.1 Å². The Hall–Kier alpha value is -0.980. The van der Waals surface area contributed by atoms with Crippen molar-refractivity contribution in [3.05, 3.63) is 11.7 Å². The van der Waals surface area contributed by atoms with Gasteiger partial charge in [0.05, 0.1) is 0 Å². The molecule has 0 radical (unpaired) electrons. The second-order valence-corrected chi connectivity index (χ2v) is 4.08. The molecule has 1 aliphatic rings. The van der Waals surface area contributed by atoms with Gasteiger partial charge in [-0.25, -0.2) is 0 Å². The Bertz CT molecular complexity index is 338. The molecule has 0 aliphatic heterocycles. The number of nitrogens with zero attached hydrogens (tertiary/aromatic N) is 2. The number of hydrogen-bond donors (Lipinski definition) is 2. The fourth-order valence-corrected chi connectivity index (χ4v) is 1.69. The second-order valence-electron chi connectivity index (χ2n) is 4.08. The van der Waals surface area contributed by atoms with Crippen LogP contribution in [0, 0.1) is 5.92 Å². The van der Waals surface area contributed by atoms with Crippen molar-refractivity contribution >= 4 is 0 Å². The Morgan fingerprint density at radius 2 is 2.38 bits per heavy atom. The van der Waals surface area contributed by atoms with Gasteiger partial charge in [-0.3, -0.25) is 0 Å². The molecule has 1 aromatic heterocycles. The van der Waals surface area contributed by atoms with Crippen molar-refractivity contribution in [2.24, 2.45) is 11.7 Å². The summed E-state index contributed by atoms with van der Waals surface area (Å²) >= 11 is 0. The molecule has 2 atom stereocenters. The summed E-state index contributed by atoms with van der Waals surface area (Å²) in [5.74, 6) is 1.24. The number of aliphatic hydroxyl groups excluding tert-OH is 1. The normalized spacial score (nSPS) is 19.7. The zero-order valence-electron chi connectivity index (χ0n) is 9.30. The highest BCUT2D eigenvalue weighted by molar-refractivity contribution is 4.99. The molecule has 2 rings (SSSR count). The fraction of sp³-hybridized carbons (Fsp3) is 0.800. The van der Waals surface area contributed by atoms with Gasteiger partial charge in [-0.2, -0.15) is 4.98 Å². The summed E-state index contributed by atoms with van der Waals surface area (Å²) in [7, 11) is 1.63. The Kier molecular flexibility index (Phi) is 3.52. The first-order valence-electron chi connectivity index (χ1n) is 5.50. The third-order valence-corrected chi connectivity index (χ3v) is 2.74. The SMILES string of the molecule is COC(c1noc([C@@H](O)CCN)n1)C1CC1. The van der Waals surface area contributed by atoms with Gasteiger partial charge in [0.15, 0.2) is 0 Å². The molecule has 6 heteroatoms. The molecular formula is C10H17N3O3. The standard InChI is InChI=1S/C10H17N3O3/c1-15-8(6-2-3-6)9-12-10(16-13-9)7(14)4-5-11/h6-8,14H,2-5,11H2,1H3/t7-,8?/m0/s1. The van der Waals surface area contributed by atoms with Crippen LogP contribution in [0.4, 0.5) is 0 Å². The summed E-state index contributed by atoms with van der Waals surface area (Å²) in [5.41, 5.74) is 5.34. The summed E-state index contributed by atoms with van der Waals surface area (Å²) in [4.78, 5) is 4.15. The van der Waals surface area contributed by atoms with Gasteiger partial charge in [0, 0.05) is 7.11 Å². The number of nitrogens with two attached hydrogens (primary N) is 1. The Morgan fingerprint density at radius 1 is 1.62 bits per heavy atom. The summed E-state index contributed by atoms with van der Waals surface area (Å²) in [6, 6.07) is 0. The van der Waals surface area contributed by atoms with Crippen LogP contribution in [-0.2, 0) is 4.74 Å². The third kappa shape index (κ3) is 2.40. The number of methoxy groups -OCH3 is 1. The van der Waals surface area contributed by atoms with E-state index < -0.39 is 6.10 Å². The van der Waals surface area contributed by atoms with E-state index >= 15 is 0 Å². The number of ether oxygens (including phenoxy) is 1.